The normalized spacial score (nSPS) is 19.8. The van der Waals surface area contributed by atoms with E-state index in [1.807, 2.05) is 31.2 Å². The van der Waals surface area contributed by atoms with Crippen LogP contribution in [0.4, 0.5) is 0 Å². The van der Waals surface area contributed by atoms with Gasteiger partial charge in [0.1, 0.15) is 11.9 Å². The van der Waals surface area contributed by atoms with E-state index in [2.05, 4.69) is 5.32 Å². The van der Waals surface area contributed by atoms with Crippen molar-refractivity contribution in [2.45, 2.75) is 89.3 Å². The lowest BCUT2D eigenvalue weighted by Gasteiger charge is -2.40. The number of aryl methyl sites for hydroxylation is 1. The second kappa shape index (κ2) is 10.3. The van der Waals surface area contributed by atoms with Crippen LogP contribution in [0, 0.1) is 6.92 Å². The molecule has 1 atom stereocenters. The van der Waals surface area contributed by atoms with Crippen LogP contribution in [0.5, 0.6) is 0 Å². The third kappa shape index (κ3) is 5.28. The molecule has 4 nitrogen and oxygen atoms in total. The van der Waals surface area contributed by atoms with Gasteiger partial charge in [-0.3, -0.25) is 9.59 Å². The highest BCUT2D eigenvalue weighted by molar-refractivity contribution is 6.27. The number of carbonyl (C=O) groups is 2. The Bertz CT molecular complexity index is 649. The molecule has 2 saturated carbocycles. The first kappa shape index (κ1) is 21.2. The number of nitrogens with one attached hydrogen (secondary N) is 1. The Balaban J connectivity index is 1.90. The smallest absolute Gasteiger partial charge is 0.247 e. The fourth-order valence-electron chi connectivity index (χ4n) is 4.70. The number of hydrogen-bond donors (Lipinski definition) is 1. The minimum atomic E-state index is -0.600. The number of alkyl halides is 1. The number of hydrogen-bond acceptors (Lipinski definition) is 2. The molecule has 0 radical (unpaired) electrons. The van der Waals surface area contributed by atoms with Gasteiger partial charge in [-0.05, 0) is 38.2 Å². The Morgan fingerprint density at radius 3 is 2.14 bits per heavy atom. The van der Waals surface area contributed by atoms with E-state index in [-0.39, 0.29) is 29.8 Å². The van der Waals surface area contributed by atoms with Gasteiger partial charge in [-0.25, -0.2) is 0 Å². The molecule has 0 heterocycles. The Labute approximate surface area is 174 Å². The average molecular weight is 405 g/mol. The summed E-state index contributed by atoms with van der Waals surface area (Å²) >= 11 is 6.00. The van der Waals surface area contributed by atoms with Crippen LogP contribution in [-0.2, 0) is 9.59 Å². The SMILES string of the molecule is Cc1ccc([C@@H](C(=O)NC2CCCCC2)N(C(=O)CCl)C2CCCCC2)cc1. The van der Waals surface area contributed by atoms with Crippen LogP contribution in [0.15, 0.2) is 24.3 Å². The van der Waals surface area contributed by atoms with Crippen molar-refractivity contribution in [3.05, 3.63) is 35.4 Å². The summed E-state index contributed by atoms with van der Waals surface area (Å²) in [6.45, 7) is 2.03. The largest absolute Gasteiger partial charge is 0.351 e. The number of carbonyl (C=O) groups excluding carboxylic acids is 2. The van der Waals surface area contributed by atoms with E-state index in [0.717, 1.165) is 62.5 Å². The molecule has 0 saturated heterocycles. The Morgan fingerprint density at radius 2 is 1.57 bits per heavy atom. The molecular weight excluding hydrogens is 372 g/mol. The lowest BCUT2D eigenvalue weighted by atomic mass is 9.90. The zero-order chi connectivity index (χ0) is 19.9. The summed E-state index contributed by atoms with van der Waals surface area (Å²) in [5, 5.41) is 3.25. The second-order valence-electron chi connectivity index (χ2n) is 8.38. The lowest BCUT2D eigenvalue weighted by Crippen LogP contribution is -2.51. The van der Waals surface area contributed by atoms with Crippen LogP contribution in [0.25, 0.3) is 0 Å². The molecule has 0 bridgehead atoms. The summed E-state index contributed by atoms with van der Waals surface area (Å²) in [5.74, 6) is -0.284. The van der Waals surface area contributed by atoms with Crippen molar-refractivity contribution in [3.8, 4) is 0 Å². The number of rotatable bonds is 6. The van der Waals surface area contributed by atoms with Crippen molar-refractivity contribution in [3.63, 3.8) is 0 Å². The van der Waals surface area contributed by atoms with E-state index < -0.39 is 6.04 Å². The van der Waals surface area contributed by atoms with Gasteiger partial charge in [-0.1, -0.05) is 68.4 Å². The second-order valence-corrected chi connectivity index (χ2v) is 8.65. The van der Waals surface area contributed by atoms with Crippen LogP contribution in [-0.4, -0.2) is 34.7 Å². The van der Waals surface area contributed by atoms with Crippen molar-refractivity contribution < 1.29 is 9.59 Å². The molecule has 154 valence electrons. The zero-order valence-electron chi connectivity index (χ0n) is 17.0. The van der Waals surface area contributed by atoms with Crippen LogP contribution in [0.2, 0.25) is 0 Å². The maximum atomic E-state index is 13.5. The van der Waals surface area contributed by atoms with Crippen molar-refractivity contribution in [2.75, 3.05) is 5.88 Å². The Hall–Kier alpha value is -1.55. The molecule has 0 spiro atoms. The molecule has 5 heteroatoms. The molecule has 2 aliphatic carbocycles. The number of halogens is 1. The van der Waals surface area contributed by atoms with Crippen molar-refractivity contribution in [1.82, 2.24) is 10.2 Å². The molecule has 3 rings (SSSR count). The quantitative estimate of drug-likeness (QED) is 0.686. The fraction of sp³-hybridized carbons (Fsp3) is 0.652. The van der Waals surface area contributed by atoms with Gasteiger partial charge in [-0.15, -0.1) is 11.6 Å². The standard InChI is InChI=1S/C23H33ClN2O2/c1-17-12-14-18(15-13-17)22(23(28)25-19-8-4-2-5-9-19)26(21(27)16-24)20-10-6-3-7-11-20/h12-15,19-20,22H,2-11,16H2,1H3,(H,25,28)/t22-/m0/s1. The van der Waals surface area contributed by atoms with E-state index in [0.29, 0.717) is 0 Å². The first-order valence-corrected chi connectivity index (χ1v) is 11.4. The third-order valence-corrected chi connectivity index (χ3v) is 6.47. The zero-order valence-corrected chi connectivity index (χ0v) is 17.7. The summed E-state index contributed by atoms with van der Waals surface area (Å²) < 4.78 is 0. The number of nitrogens with zero attached hydrogens (tertiary/aromatic N) is 1. The molecule has 1 aromatic carbocycles. The van der Waals surface area contributed by atoms with Gasteiger partial charge in [-0.2, -0.15) is 0 Å². The molecule has 0 unspecified atom stereocenters. The molecule has 1 aromatic rings. The predicted octanol–water partition coefficient (Wildman–Crippen LogP) is 4.89. The van der Waals surface area contributed by atoms with Gasteiger partial charge < -0.3 is 10.2 Å². The summed E-state index contributed by atoms with van der Waals surface area (Å²) in [6.07, 6.45) is 10.9. The predicted molar refractivity (Wildman–Crippen MR) is 113 cm³/mol. The first-order chi connectivity index (χ1) is 13.6. The number of benzene rings is 1. The van der Waals surface area contributed by atoms with E-state index in [9.17, 15) is 9.59 Å². The summed E-state index contributed by atoms with van der Waals surface area (Å²) in [6, 6.07) is 7.70. The molecular formula is C23H33ClN2O2. The molecule has 2 fully saturated rings. The highest BCUT2D eigenvalue weighted by Crippen LogP contribution is 2.32. The van der Waals surface area contributed by atoms with Gasteiger partial charge in [0.2, 0.25) is 11.8 Å². The van der Waals surface area contributed by atoms with E-state index in [4.69, 9.17) is 11.6 Å². The number of amides is 2. The monoisotopic (exact) mass is 404 g/mol. The molecule has 0 aliphatic heterocycles. The Morgan fingerprint density at radius 1 is 1.00 bits per heavy atom. The van der Waals surface area contributed by atoms with Crippen LogP contribution in [0.3, 0.4) is 0 Å². The van der Waals surface area contributed by atoms with Crippen molar-refractivity contribution >= 4 is 23.4 Å². The van der Waals surface area contributed by atoms with Gasteiger partial charge in [0.15, 0.2) is 0 Å². The molecule has 2 aliphatic rings. The third-order valence-electron chi connectivity index (χ3n) is 6.24. The minimum absolute atomic E-state index is 0.0557. The van der Waals surface area contributed by atoms with E-state index in [1.165, 1.54) is 12.8 Å². The van der Waals surface area contributed by atoms with Crippen molar-refractivity contribution in [1.29, 1.82) is 0 Å². The van der Waals surface area contributed by atoms with Crippen molar-refractivity contribution in [2.24, 2.45) is 0 Å². The molecule has 28 heavy (non-hydrogen) atoms. The van der Waals surface area contributed by atoms with Gasteiger partial charge in [0.05, 0.1) is 0 Å². The van der Waals surface area contributed by atoms with E-state index >= 15 is 0 Å². The Kier molecular flexibility index (Phi) is 7.78. The summed E-state index contributed by atoms with van der Waals surface area (Å²) in [4.78, 5) is 28.2. The van der Waals surface area contributed by atoms with Crippen LogP contribution < -0.4 is 5.32 Å². The molecule has 1 N–H and O–H groups in total. The topological polar surface area (TPSA) is 49.4 Å². The van der Waals surface area contributed by atoms with Crippen LogP contribution >= 0.6 is 11.6 Å². The van der Waals surface area contributed by atoms with Gasteiger partial charge in [0.25, 0.3) is 0 Å². The fourth-order valence-corrected chi connectivity index (χ4v) is 4.84. The first-order valence-electron chi connectivity index (χ1n) is 10.8. The average Bonchev–Trinajstić information content (AvgIpc) is 2.73. The molecule has 2 amide bonds. The highest BCUT2D eigenvalue weighted by Gasteiger charge is 2.37. The van der Waals surface area contributed by atoms with E-state index in [1.54, 1.807) is 4.90 Å². The summed E-state index contributed by atoms with van der Waals surface area (Å²) in [7, 11) is 0. The van der Waals surface area contributed by atoms with Crippen LogP contribution in [0.1, 0.15) is 81.4 Å². The highest BCUT2D eigenvalue weighted by atomic mass is 35.5. The summed E-state index contributed by atoms with van der Waals surface area (Å²) in [5.41, 5.74) is 2.02. The maximum Gasteiger partial charge on any atom is 0.247 e. The molecule has 0 aromatic heterocycles. The minimum Gasteiger partial charge on any atom is -0.351 e. The van der Waals surface area contributed by atoms with Gasteiger partial charge in [0, 0.05) is 12.1 Å². The van der Waals surface area contributed by atoms with Gasteiger partial charge >= 0.3 is 0 Å². The lowest BCUT2D eigenvalue weighted by molar-refractivity contribution is -0.143. The maximum absolute atomic E-state index is 13.5.